The molecule has 0 heterocycles. The van der Waals surface area contributed by atoms with Crippen LogP contribution in [-0.2, 0) is 5.11 Å². The first-order valence-corrected chi connectivity index (χ1v) is 1.86. The molecule has 0 spiro atoms. The fourth-order valence-electron chi connectivity index (χ4n) is 0.143. The van der Waals surface area contributed by atoms with Gasteiger partial charge in [0, 0.05) is 0 Å². The first-order chi connectivity index (χ1) is 3.85. The van der Waals surface area contributed by atoms with Gasteiger partial charge in [-0.1, -0.05) is 0 Å². The molecule has 1 unspecified atom stereocenters. The van der Waals surface area contributed by atoms with E-state index in [-0.39, 0.29) is 0 Å². The fourth-order valence-corrected chi connectivity index (χ4v) is 0.143. The molecule has 0 aromatic heterocycles. The molecule has 0 amide bonds. The van der Waals surface area contributed by atoms with Crippen molar-refractivity contribution in [1.29, 1.82) is 0 Å². The summed E-state index contributed by atoms with van der Waals surface area (Å²) in [5, 5.41) is 9.37. The molecule has 0 aliphatic carbocycles. The summed E-state index contributed by atoms with van der Waals surface area (Å²) in [7, 11) is 0. The summed E-state index contributed by atoms with van der Waals surface area (Å²) in [5.74, 6) is 0. The van der Waals surface area contributed by atoms with Crippen molar-refractivity contribution in [2.24, 2.45) is 0 Å². The van der Waals surface area contributed by atoms with Gasteiger partial charge >= 0.3 is 6.18 Å². The zero-order chi connectivity index (χ0) is 7.65. The molecule has 0 aromatic carbocycles. The van der Waals surface area contributed by atoms with Crippen molar-refractivity contribution >= 4 is 0 Å². The topological polar surface area (TPSA) is 19.9 Å². The summed E-state index contributed by atoms with van der Waals surface area (Å²) in [6.45, 7) is 0. The second kappa shape index (κ2) is 2.47. The third-order valence-corrected chi connectivity index (χ3v) is 0.551. The van der Waals surface area contributed by atoms with Crippen LogP contribution < -0.4 is 0 Å². The van der Waals surface area contributed by atoms with Crippen LogP contribution in [0.5, 0.6) is 0 Å². The van der Waals surface area contributed by atoms with Gasteiger partial charge in [0.2, 0.25) is 6.10 Å². The minimum absolute atomic E-state index is 3.77. The molecule has 0 N–H and O–H groups in total. The van der Waals surface area contributed by atoms with Gasteiger partial charge < -0.3 is 0 Å². The second-order valence-corrected chi connectivity index (χ2v) is 1.30. The lowest BCUT2D eigenvalue weighted by atomic mass is 10.4. The van der Waals surface area contributed by atoms with Gasteiger partial charge in [0.25, 0.3) is 6.43 Å². The van der Waals surface area contributed by atoms with Crippen molar-refractivity contribution in [3.05, 3.63) is 0 Å². The minimum atomic E-state index is -5.33. The van der Waals surface area contributed by atoms with E-state index in [1.54, 1.807) is 0 Å². The lowest BCUT2D eigenvalue weighted by molar-refractivity contribution is -0.255. The molecule has 55 valence electrons. The molecule has 0 rings (SSSR count). The van der Waals surface area contributed by atoms with Crippen molar-refractivity contribution in [2.45, 2.75) is 18.7 Å². The quantitative estimate of drug-likeness (QED) is 0.505. The monoisotopic (exact) mass is 149 g/mol. The van der Waals surface area contributed by atoms with Gasteiger partial charge in [-0.2, -0.15) is 13.2 Å². The van der Waals surface area contributed by atoms with Crippen LogP contribution in [0.3, 0.4) is 0 Å². The van der Waals surface area contributed by atoms with Gasteiger partial charge in [-0.3, -0.25) is 0 Å². The number of halogens is 5. The van der Waals surface area contributed by atoms with Crippen LogP contribution in [0.2, 0.25) is 0 Å². The van der Waals surface area contributed by atoms with Crippen LogP contribution in [0.25, 0.3) is 0 Å². The maximum atomic E-state index is 10.9. The highest BCUT2D eigenvalue weighted by molar-refractivity contribution is 4.65. The Morgan fingerprint density at radius 2 is 1.44 bits per heavy atom. The predicted molar refractivity (Wildman–Crippen MR) is 16.5 cm³/mol. The van der Waals surface area contributed by atoms with E-state index in [9.17, 15) is 27.1 Å². The summed E-state index contributed by atoms with van der Waals surface area (Å²) in [5.41, 5.74) is 0. The van der Waals surface area contributed by atoms with E-state index >= 15 is 0 Å². The molecule has 0 saturated carbocycles. The Bertz CT molecular complexity index is 86.7. The maximum absolute atomic E-state index is 10.9. The molecule has 1 nitrogen and oxygen atoms in total. The molecule has 0 saturated heterocycles. The highest BCUT2D eigenvalue weighted by Gasteiger charge is 2.46. The Morgan fingerprint density at radius 3 is 1.44 bits per heavy atom. The number of rotatable bonds is 1. The molecule has 0 aliphatic rings. The van der Waals surface area contributed by atoms with Crippen LogP contribution in [-0.4, -0.2) is 18.7 Å². The van der Waals surface area contributed by atoms with Crippen LogP contribution in [0, 0.1) is 0 Å². The highest BCUT2D eigenvalue weighted by atomic mass is 19.4. The lowest BCUT2D eigenvalue weighted by Gasteiger charge is -2.09. The summed E-state index contributed by atoms with van der Waals surface area (Å²) in [6, 6.07) is 0. The molecular weight excluding hydrogens is 147 g/mol. The summed E-state index contributed by atoms with van der Waals surface area (Å²) in [4.78, 5) is 0. The van der Waals surface area contributed by atoms with Gasteiger partial charge in [-0.25, -0.2) is 13.9 Å². The van der Waals surface area contributed by atoms with E-state index in [1.165, 1.54) is 0 Å². The van der Waals surface area contributed by atoms with Gasteiger partial charge in [-0.05, 0) is 0 Å². The first-order valence-electron chi connectivity index (χ1n) is 1.86. The minimum Gasteiger partial charge on any atom is -0.217 e. The average molecular weight is 149 g/mol. The van der Waals surface area contributed by atoms with Crippen molar-refractivity contribution in [1.82, 2.24) is 0 Å². The van der Waals surface area contributed by atoms with Crippen molar-refractivity contribution in [2.75, 3.05) is 0 Å². The SMILES string of the molecule is [O]C(C(F)F)C(F)(F)F. The molecule has 9 heavy (non-hydrogen) atoms. The van der Waals surface area contributed by atoms with E-state index in [0.29, 0.717) is 0 Å². The van der Waals surface area contributed by atoms with Crippen LogP contribution in [0.15, 0.2) is 0 Å². The lowest BCUT2D eigenvalue weighted by Crippen LogP contribution is -2.33. The zero-order valence-corrected chi connectivity index (χ0v) is 3.95. The Balaban J connectivity index is 3.88. The Morgan fingerprint density at radius 1 is 1.11 bits per heavy atom. The van der Waals surface area contributed by atoms with E-state index in [2.05, 4.69) is 0 Å². The second-order valence-electron chi connectivity index (χ2n) is 1.30. The van der Waals surface area contributed by atoms with Gasteiger partial charge in [0.15, 0.2) is 0 Å². The molecule has 6 heteroatoms. The molecule has 0 aromatic rings. The average Bonchev–Trinajstić information content (AvgIpc) is 1.62. The Hall–Kier alpha value is -0.390. The standard InChI is InChI=1S/C3H2F5O/c4-2(5)1(9)3(6,7)8/h1-2H. The van der Waals surface area contributed by atoms with E-state index < -0.39 is 18.7 Å². The number of hydrogen-bond acceptors (Lipinski definition) is 0. The van der Waals surface area contributed by atoms with Crippen LogP contribution >= 0.6 is 0 Å². The van der Waals surface area contributed by atoms with Crippen molar-refractivity contribution in [3.8, 4) is 0 Å². The molecule has 0 fully saturated rings. The summed E-state index contributed by atoms with van der Waals surface area (Å²) in [6.07, 6.45) is -13.0. The summed E-state index contributed by atoms with van der Waals surface area (Å²) < 4.78 is 54.5. The smallest absolute Gasteiger partial charge is 0.217 e. The molecule has 1 atom stereocenters. The van der Waals surface area contributed by atoms with E-state index in [4.69, 9.17) is 0 Å². The molecule has 1 radical (unpaired) electrons. The van der Waals surface area contributed by atoms with E-state index in [0.717, 1.165) is 0 Å². The Labute approximate surface area is 47.1 Å². The number of hydrogen-bond donors (Lipinski definition) is 0. The third kappa shape index (κ3) is 2.59. The van der Waals surface area contributed by atoms with Crippen LogP contribution in [0.1, 0.15) is 0 Å². The van der Waals surface area contributed by atoms with Crippen LogP contribution in [0.4, 0.5) is 22.0 Å². The highest BCUT2D eigenvalue weighted by Crippen LogP contribution is 2.24. The zero-order valence-electron chi connectivity index (χ0n) is 3.95. The largest absolute Gasteiger partial charge is 0.423 e. The molecular formula is C3H2F5O. The maximum Gasteiger partial charge on any atom is 0.423 e. The Kier molecular flexibility index (Phi) is 2.36. The third-order valence-electron chi connectivity index (χ3n) is 0.551. The molecule has 0 aliphatic heterocycles. The van der Waals surface area contributed by atoms with Gasteiger partial charge in [0.1, 0.15) is 0 Å². The number of alkyl halides is 5. The first kappa shape index (κ1) is 8.61. The molecule has 0 bridgehead atoms. The summed E-state index contributed by atoms with van der Waals surface area (Å²) >= 11 is 0. The van der Waals surface area contributed by atoms with Crippen molar-refractivity contribution < 1.29 is 27.1 Å². The van der Waals surface area contributed by atoms with Crippen molar-refractivity contribution in [3.63, 3.8) is 0 Å². The fraction of sp³-hybridized carbons (Fsp3) is 1.00. The predicted octanol–water partition coefficient (Wildman–Crippen LogP) is 1.61. The van der Waals surface area contributed by atoms with Gasteiger partial charge in [0.05, 0.1) is 0 Å². The van der Waals surface area contributed by atoms with E-state index in [1.807, 2.05) is 0 Å². The normalized spacial score (nSPS) is 16.3. The van der Waals surface area contributed by atoms with Gasteiger partial charge in [-0.15, -0.1) is 0 Å².